The topological polar surface area (TPSA) is 186 Å². The van der Waals surface area contributed by atoms with E-state index >= 15 is 4.39 Å². The lowest BCUT2D eigenvalue weighted by atomic mass is 9.96. The third-order valence-corrected chi connectivity index (χ3v) is 8.80. The molecule has 0 radical (unpaired) electrons. The lowest BCUT2D eigenvalue weighted by Gasteiger charge is -2.23. The minimum absolute atomic E-state index is 0.0503. The molecule has 0 saturated heterocycles. The third kappa shape index (κ3) is 14.0. The van der Waals surface area contributed by atoms with Crippen molar-refractivity contribution in [3.63, 3.8) is 0 Å². The molecule has 0 amide bonds. The van der Waals surface area contributed by atoms with Gasteiger partial charge in [-0.05, 0) is 0 Å². The molecule has 1 heterocycles. The van der Waals surface area contributed by atoms with Crippen molar-refractivity contribution in [2.75, 3.05) is 26.4 Å². The zero-order valence-corrected chi connectivity index (χ0v) is 29.9. The summed E-state index contributed by atoms with van der Waals surface area (Å²) < 4.78 is 46.4. The summed E-state index contributed by atoms with van der Waals surface area (Å²) >= 11 is 1.56. The van der Waals surface area contributed by atoms with Crippen molar-refractivity contribution in [3.05, 3.63) is 58.5 Å². The van der Waals surface area contributed by atoms with E-state index in [9.17, 15) is 34.0 Å². The van der Waals surface area contributed by atoms with Crippen LogP contribution in [0, 0.1) is 34.6 Å². The minimum atomic E-state index is -1.13. The van der Waals surface area contributed by atoms with Gasteiger partial charge in [0.05, 0.1) is 78.8 Å². The monoisotopic (exact) mass is 746 g/mol. The van der Waals surface area contributed by atoms with E-state index in [4.69, 9.17) is 35.0 Å². The molecular weight excluding hydrogens is 712 g/mol. The number of nitrogens with zero attached hydrogens (tertiary/aromatic N) is 2. The molecule has 1 aliphatic rings. The molecule has 0 unspecified atom stereocenters. The number of hydrogen-bond acceptors (Lipinski definition) is 15. The van der Waals surface area contributed by atoms with Crippen molar-refractivity contribution < 1.29 is 61.6 Å². The van der Waals surface area contributed by atoms with Crippen LogP contribution in [0.4, 0.5) is 4.39 Å². The van der Waals surface area contributed by atoms with E-state index in [1.54, 1.807) is 33.8 Å². The maximum atomic E-state index is 15.4. The Kier molecular flexibility index (Phi) is 15.9. The number of esters is 6. The Balaban J connectivity index is 2.09. The number of thioether (sulfide) groups is 2. The summed E-state index contributed by atoms with van der Waals surface area (Å²) in [6, 6.07) is 2.50. The van der Waals surface area contributed by atoms with E-state index < -0.39 is 83.9 Å². The van der Waals surface area contributed by atoms with E-state index in [2.05, 4.69) is 18.0 Å². The number of fused-ring (bicyclic) bond motifs is 1. The number of rotatable bonds is 18. The van der Waals surface area contributed by atoms with E-state index in [1.165, 1.54) is 0 Å². The summed E-state index contributed by atoms with van der Waals surface area (Å²) in [4.78, 5) is 75.6. The number of carbonyl (C=O) groups is 6. The van der Waals surface area contributed by atoms with Crippen LogP contribution in [-0.4, -0.2) is 62.2 Å². The fourth-order valence-corrected chi connectivity index (χ4v) is 6.00. The molecule has 0 aromatic heterocycles. The first-order chi connectivity index (χ1) is 23.9. The van der Waals surface area contributed by atoms with Gasteiger partial charge in [-0.1, -0.05) is 64.4 Å². The fraction of sp³-hybridized carbons (Fsp3) is 0.412. The number of benzene rings is 1. The zero-order chi connectivity index (χ0) is 38.4. The van der Waals surface area contributed by atoms with Gasteiger partial charge in [0.25, 0.3) is 5.70 Å². The second-order valence-corrected chi connectivity index (χ2v) is 14.4. The van der Waals surface area contributed by atoms with E-state index in [0.29, 0.717) is 0 Å². The van der Waals surface area contributed by atoms with Crippen LogP contribution in [0.25, 0.3) is 4.85 Å². The highest BCUT2D eigenvalue weighted by Gasteiger charge is 2.33. The van der Waals surface area contributed by atoms with Crippen molar-refractivity contribution in [1.29, 1.82) is 5.26 Å². The highest BCUT2D eigenvalue weighted by molar-refractivity contribution is 8.24. The number of hydrogen-bond donors (Lipinski definition) is 0. The van der Waals surface area contributed by atoms with Gasteiger partial charge in [-0.25, -0.2) is 24.1 Å². The van der Waals surface area contributed by atoms with Crippen LogP contribution in [0.5, 0.6) is 11.5 Å². The van der Waals surface area contributed by atoms with Crippen LogP contribution in [0.1, 0.15) is 53.4 Å². The first-order valence-corrected chi connectivity index (χ1v) is 16.6. The molecule has 0 fully saturated rings. The van der Waals surface area contributed by atoms with Crippen LogP contribution in [0.2, 0.25) is 0 Å². The molecule has 14 nitrogen and oxygen atoms in total. The maximum absolute atomic E-state index is 15.4. The molecule has 51 heavy (non-hydrogen) atoms. The summed E-state index contributed by atoms with van der Waals surface area (Å²) in [5.74, 6) is -6.75. The molecule has 0 aliphatic carbocycles. The third-order valence-electron chi connectivity index (χ3n) is 6.21. The Morgan fingerprint density at radius 2 is 1.22 bits per heavy atom. The number of ether oxygens (including phenoxy) is 6. The van der Waals surface area contributed by atoms with Gasteiger partial charge in [0.2, 0.25) is 0 Å². The van der Waals surface area contributed by atoms with Gasteiger partial charge in [0.15, 0.2) is 11.6 Å². The van der Waals surface area contributed by atoms with Gasteiger partial charge in [-0.15, -0.1) is 0 Å². The van der Waals surface area contributed by atoms with Gasteiger partial charge in [0.1, 0.15) is 5.75 Å². The minimum Gasteiger partial charge on any atom is -0.465 e. The summed E-state index contributed by atoms with van der Waals surface area (Å²) in [6.07, 6.45) is 0.208. The molecule has 0 atom stereocenters. The highest BCUT2D eigenvalue weighted by atomic mass is 32.2. The normalized spacial score (nSPS) is 12.9. The van der Waals surface area contributed by atoms with Crippen LogP contribution >= 0.6 is 23.5 Å². The second kappa shape index (κ2) is 19.3. The standard InChI is InChI=1S/C34H35FN2O12S2/c1-8-23(38)44-16-33(3,4)18-46-25(40)10-12-27(42)48-22-14-20(35)29(31-30(22)50-32(51-31)21(15-36)37-7)49-28(43)13-11-26(41)47-19-34(5,6)17-45-24(39)9-2/h8-9,14H,1-2,10-13,16-19H2,3-6H3/b32-21+. The maximum Gasteiger partial charge on any atom is 0.330 e. The van der Waals surface area contributed by atoms with E-state index in [0.717, 1.165) is 41.7 Å². The van der Waals surface area contributed by atoms with Gasteiger partial charge in [-0.3, -0.25) is 19.2 Å². The van der Waals surface area contributed by atoms with Gasteiger partial charge in [-0.2, -0.15) is 0 Å². The van der Waals surface area contributed by atoms with Crippen molar-refractivity contribution in [2.24, 2.45) is 10.8 Å². The van der Waals surface area contributed by atoms with Crippen LogP contribution < -0.4 is 9.47 Å². The Morgan fingerprint density at radius 1 is 0.784 bits per heavy atom. The molecule has 1 aliphatic heterocycles. The smallest absolute Gasteiger partial charge is 0.330 e. The molecule has 0 spiro atoms. The summed E-state index contributed by atoms with van der Waals surface area (Å²) in [6.45, 7) is 20.3. The summed E-state index contributed by atoms with van der Waals surface area (Å²) in [7, 11) is 0. The molecule has 272 valence electrons. The molecule has 17 heteroatoms. The van der Waals surface area contributed by atoms with Gasteiger partial charge >= 0.3 is 35.8 Å². The fourth-order valence-electron chi connectivity index (χ4n) is 3.53. The van der Waals surface area contributed by atoms with E-state index in [1.807, 2.05) is 0 Å². The summed E-state index contributed by atoms with van der Waals surface area (Å²) in [5.41, 5.74) is -1.80. The number of carbonyl (C=O) groups excluding carboxylic acids is 6. The van der Waals surface area contributed by atoms with Crippen LogP contribution in [0.3, 0.4) is 0 Å². The lowest BCUT2D eigenvalue weighted by molar-refractivity contribution is -0.153. The van der Waals surface area contributed by atoms with Crippen molar-refractivity contribution in [3.8, 4) is 17.6 Å². The molecule has 0 N–H and O–H groups in total. The average molecular weight is 747 g/mol. The number of allylic oxidation sites excluding steroid dienone is 1. The molecule has 1 aromatic carbocycles. The first kappa shape index (κ1) is 42.0. The Hall–Kier alpha value is -5.13. The van der Waals surface area contributed by atoms with Crippen molar-refractivity contribution in [1.82, 2.24) is 0 Å². The number of halogens is 1. The van der Waals surface area contributed by atoms with Gasteiger partial charge in [0, 0.05) is 29.0 Å². The molecule has 0 bridgehead atoms. The quantitative estimate of drug-likeness (QED) is 0.0451. The molecule has 1 aromatic rings. The predicted octanol–water partition coefficient (Wildman–Crippen LogP) is 5.60. The van der Waals surface area contributed by atoms with E-state index in [-0.39, 0.29) is 51.9 Å². The Labute approximate surface area is 302 Å². The highest BCUT2D eigenvalue weighted by Crippen LogP contribution is 2.59. The largest absolute Gasteiger partial charge is 0.465 e. The van der Waals surface area contributed by atoms with Crippen LogP contribution in [0.15, 0.2) is 51.1 Å². The zero-order valence-electron chi connectivity index (χ0n) is 28.3. The summed E-state index contributed by atoms with van der Waals surface area (Å²) in [5, 5.41) is 9.38. The molecule has 0 saturated carbocycles. The Bertz CT molecular complexity index is 1690. The van der Waals surface area contributed by atoms with Crippen molar-refractivity contribution in [2.45, 2.75) is 63.2 Å². The SMILES string of the molecule is [C-]#[N+]/C(C#N)=C1\Sc2c(OC(=O)CCC(=O)OCC(C)(C)COC(=O)C=C)cc(F)c(OC(=O)CCC(=O)OCC(C)(C)COC(=O)C=C)c2S1. The molecular formula is C34H35FN2O12S2. The number of nitriles is 1. The lowest BCUT2D eigenvalue weighted by Crippen LogP contribution is -2.28. The predicted molar refractivity (Wildman–Crippen MR) is 179 cm³/mol. The molecule has 2 rings (SSSR count). The van der Waals surface area contributed by atoms with Gasteiger partial charge < -0.3 is 28.4 Å². The van der Waals surface area contributed by atoms with Crippen LogP contribution in [-0.2, 0) is 47.7 Å². The first-order valence-electron chi connectivity index (χ1n) is 15.0. The second-order valence-electron chi connectivity index (χ2n) is 12.1. The average Bonchev–Trinajstić information content (AvgIpc) is 3.53. The Morgan fingerprint density at radius 3 is 1.67 bits per heavy atom. The van der Waals surface area contributed by atoms with Crippen molar-refractivity contribution >= 4 is 59.3 Å².